The molecule has 4 nitrogen and oxygen atoms in total. The second-order valence-corrected chi connectivity index (χ2v) is 4.50. The van der Waals surface area contributed by atoms with Gasteiger partial charge in [-0.2, -0.15) is 0 Å². The number of hydrogen-bond donors (Lipinski definition) is 3. The molecule has 1 rings (SSSR count). The fourth-order valence-corrected chi connectivity index (χ4v) is 1.45. The molecular weight excluding hydrogens is 230 g/mol. The maximum absolute atomic E-state index is 9.68. The highest BCUT2D eigenvalue weighted by molar-refractivity contribution is 5.26. The lowest BCUT2D eigenvalue weighted by Crippen LogP contribution is -2.35. The number of benzene rings is 1. The van der Waals surface area contributed by atoms with Gasteiger partial charge in [0, 0.05) is 13.1 Å². The van der Waals surface area contributed by atoms with Crippen LogP contribution in [0.4, 0.5) is 0 Å². The lowest BCUT2D eigenvalue weighted by molar-refractivity contribution is 0.0991. The summed E-state index contributed by atoms with van der Waals surface area (Å²) in [5.74, 6) is 0.758. The number of ether oxygens (including phenoxy) is 1. The molecule has 0 bridgehead atoms. The number of aliphatic hydroxyl groups is 2. The first-order chi connectivity index (χ1) is 8.61. The van der Waals surface area contributed by atoms with E-state index in [2.05, 4.69) is 5.32 Å². The summed E-state index contributed by atoms with van der Waals surface area (Å²) in [4.78, 5) is 0. The average molecular weight is 253 g/mol. The summed E-state index contributed by atoms with van der Waals surface area (Å²) in [6.07, 6.45) is -0.214. The summed E-state index contributed by atoms with van der Waals surface area (Å²) in [6.45, 7) is 5.10. The van der Waals surface area contributed by atoms with Crippen molar-refractivity contribution in [2.24, 2.45) is 0 Å². The number of nitrogens with one attached hydrogen (secondary N) is 1. The van der Waals surface area contributed by atoms with E-state index in [1.165, 1.54) is 5.56 Å². The molecule has 4 heteroatoms. The van der Waals surface area contributed by atoms with Crippen LogP contribution in [0.2, 0.25) is 0 Å². The zero-order valence-corrected chi connectivity index (χ0v) is 11.1. The molecule has 0 spiro atoms. The van der Waals surface area contributed by atoms with Crippen molar-refractivity contribution in [3.63, 3.8) is 0 Å². The average Bonchev–Trinajstić information content (AvgIpc) is 2.38. The van der Waals surface area contributed by atoms with Crippen LogP contribution < -0.4 is 10.1 Å². The van der Waals surface area contributed by atoms with Crippen molar-refractivity contribution >= 4 is 0 Å². The van der Waals surface area contributed by atoms with Crippen molar-refractivity contribution in [1.29, 1.82) is 0 Å². The first-order valence-electron chi connectivity index (χ1n) is 6.38. The van der Waals surface area contributed by atoms with E-state index in [9.17, 15) is 10.2 Å². The number of aliphatic hydroxyl groups excluding tert-OH is 2. The molecule has 102 valence electrons. The maximum atomic E-state index is 9.68. The molecule has 2 atom stereocenters. The Kier molecular flexibility index (Phi) is 6.72. The van der Waals surface area contributed by atoms with Gasteiger partial charge >= 0.3 is 0 Å². The fourth-order valence-electron chi connectivity index (χ4n) is 1.45. The highest BCUT2D eigenvalue weighted by Crippen LogP contribution is 2.11. The summed E-state index contributed by atoms with van der Waals surface area (Å²) < 4.78 is 5.45. The fraction of sp³-hybridized carbons (Fsp3) is 0.571. The first-order valence-corrected chi connectivity index (χ1v) is 6.38. The largest absolute Gasteiger partial charge is 0.491 e. The van der Waals surface area contributed by atoms with Gasteiger partial charge in [-0.3, -0.25) is 0 Å². The Labute approximate surface area is 109 Å². The van der Waals surface area contributed by atoms with E-state index in [0.717, 1.165) is 5.75 Å². The molecule has 0 saturated carbocycles. The smallest absolute Gasteiger partial charge is 0.119 e. The minimum Gasteiger partial charge on any atom is -0.491 e. The van der Waals surface area contributed by atoms with Crippen molar-refractivity contribution in [2.75, 3.05) is 19.7 Å². The molecule has 0 aromatic heterocycles. The van der Waals surface area contributed by atoms with Crippen LogP contribution in [0, 0.1) is 6.92 Å². The third kappa shape index (κ3) is 6.00. The van der Waals surface area contributed by atoms with Gasteiger partial charge < -0.3 is 20.3 Å². The lowest BCUT2D eigenvalue weighted by atomic mass is 10.2. The van der Waals surface area contributed by atoms with Crippen LogP contribution in [0.3, 0.4) is 0 Å². The van der Waals surface area contributed by atoms with Gasteiger partial charge in [0.2, 0.25) is 0 Å². The minimum absolute atomic E-state index is 0.248. The Balaban J connectivity index is 2.16. The SMILES string of the molecule is CCC(O)CNCC(O)COc1ccc(C)cc1. The van der Waals surface area contributed by atoms with Crippen LogP contribution in [0.5, 0.6) is 5.75 Å². The molecule has 0 fully saturated rings. The number of rotatable bonds is 8. The normalized spacial score (nSPS) is 14.2. The van der Waals surface area contributed by atoms with Gasteiger partial charge in [-0.25, -0.2) is 0 Å². The topological polar surface area (TPSA) is 61.7 Å². The third-order valence-corrected chi connectivity index (χ3v) is 2.69. The van der Waals surface area contributed by atoms with Crippen LogP contribution in [0.25, 0.3) is 0 Å². The van der Waals surface area contributed by atoms with E-state index in [1.807, 2.05) is 38.1 Å². The first kappa shape index (κ1) is 15.0. The molecule has 0 radical (unpaired) electrons. The second kappa shape index (κ2) is 8.08. The van der Waals surface area contributed by atoms with Gasteiger partial charge in [0.1, 0.15) is 18.5 Å². The van der Waals surface area contributed by atoms with Crippen molar-refractivity contribution < 1.29 is 14.9 Å². The predicted octanol–water partition coefficient (Wildman–Crippen LogP) is 1.10. The molecule has 0 saturated heterocycles. The van der Waals surface area contributed by atoms with Gasteiger partial charge in [0.25, 0.3) is 0 Å². The van der Waals surface area contributed by atoms with E-state index < -0.39 is 6.10 Å². The minimum atomic E-state index is -0.574. The Morgan fingerprint density at radius 2 is 1.72 bits per heavy atom. The van der Waals surface area contributed by atoms with Gasteiger partial charge in [-0.05, 0) is 25.5 Å². The zero-order chi connectivity index (χ0) is 13.4. The third-order valence-electron chi connectivity index (χ3n) is 2.69. The predicted molar refractivity (Wildman–Crippen MR) is 71.8 cm³/mol. The number of aryl methyl sites for hydroxylation is 1. The maximum Gasteiger partial charge on any atom is 0.119 e. The summed E-state index contributed by atoms with van der Waals surface area (Å²) in [5.41, 5.74) is 1.18. The molecule has 1 aromatic carbocycles. The summed E-state index contributed by atoms with van der Waals surface area (Å²) in [6, 6.07) is 7.71. The monoisotopic (exact) mass is 253 g/mol. The van der Waals surface area contributed by atoms with Crippen LogP contribution >= 0.6 is 0 Å². The molecule has 2 unspecified atom stereocenters. The van der Waals surface area contributed by atoms with Gasteiger partial charge in [0.05, 0.1) is 6.10 Å². The molecule has 0 aliphatic rings. The zero-order valence-electron chi connectivity index (χ0n) is 11.1. The van der Waals surface area contributed by atoms with Gasteiger partial charge in [-0.15, -0.1) is 0 Å². The van der Waals surface area contributed by atoms with Gasteiger partial charge in [-0.1, -0.05) is 24.6 Å². The van der Waals surface area contributed by atoms with E-state index in [-0.39, 0.29) is 12.7 Å². The molecule has 1 aromatic rings. The molecule has 0 heterocycles. The van der Waals surface area contributed by atoms with Crippen LogP contribution in [-0.4, -0.2) is 42.1 Å². The number of hydrogen-bond acceptors (Lipinski definition) is 4. The molecule has 18 heavy (non-hydrogen) atoms. The summed E-state index contributed by atoms with van der Waals surface area (Å²) >= 11 is 0. The van der Waals surface area contributed by atoms with Crippen molar-refractivity contribution in [1.82, 2.24) is 5.32 Å². The standard InChI is InChI=1S/C14H23NO3/c1-3-12(16)8-15-9-13(17)10-18-14-6-4-11(2)5-7-14/h4-7,12-13,15-17H,3,8-10H2,1-2H3. The Morgan fingerprint density at radius 3 is 2.33 bits per heavy atom. The van der Waals surface area contributed by atoms with Crippen molar-refractivity contribution in [3.05, 3.63) is 29.8 Å². The Bertz CT molecular complexity index is 326. The molecule has 0 aliphatic carbocycles. The highest BCUT2D eigenvalue weighted by atomic mass is 16.5. The molecule has 0 amide bonds. The lowest BCUT2D eigenvalue weighted by Gasteiger charge is -2.14. The Morgan fingerprint density at radius 1 is 1.11 bits per heavy atom. The van der Waals surface area contributed by atoms with E-state index in [0.29, 0.717) is 19.5 Å². The van der Waals surface area contributed by atoms with Crippen LogP contribution in [0.1, 0.15) is 18.9 Å². The summed E-state index contributed by atoms with van der Waals surface area (Å²) in [7, 11) is 0. The van der Waals surface area contributed by atoms with E-state index in [1.54, 1.807) is 0 Å². The van der Waals surface area contributed by atoms with Crippen LogP contribution in [-0.2, 0) is 0 Å². The second-order valence-electron chi connectivity index (χ2n) is 4.50. The van der Waals surface area contributed by atoms with Crippen LogP contribution in [0.15, 0.2) is 24.3 Å². The van der Waals surface area contributed by atoms with Crippen molar-refractivity contribution in [2.45, 2.75) is 32.5 Å². The summed E-state index contributed by atoms with van der Waals surface area (Å²) in [5, 5.41) is 22.0. The Hall–Kier alpha value is -1.10. The van der Waals surface area contributed by atoms with Gasteiger partial charge in [0.15, 0.2) is 0 Å². The molecule has 0 aliphatic heterocycles. The highest BCUT2D eigenvalue weighted by Gasteiger charge is 2.06. The van der Waals surface area contributed by atoms with Crippen molar-refractivity contribution in [3.8, 4) is 5.75 Å². The van der Waals surface area contributed by atoms with E-state index >= 15 is 0 Å². The van der Waals surface area contributed by atoms with E-state index in [4.69, 9.17) is 4.74 Å². The molecule has 3 N–H and O–H groups in total. The quantitative estimate of drug-likeness (QED) is 0.649. The molecular formula is C14H23NO3.